The van der Waals surface area contributed by atoms with Crippen molar-refractivity contribution in [3.05, 3.63) is 42.5 Å². The average molecular weight is 523 g/mol. The van der Waals surface area contributed by atoms with Crippen LogP contribution >= 0.6 is 7.82 Å². The number of hydrogen-bond donors (Lipinski definition) is 1. The summed E-state index contributed by atoms with van der Waals surface area (Å²) in [5, 5.41) is 2.19. The van der Waals surface area contributed by atoms with Gasteiger partial charge in [-0.25, -0.2) is 4.57 Å². The fourth-order valence-corrected chi connectivity index (χ4v) is 4.92. The molecule has 6 nitrogen and oxygen atoms in total. The zero-order chi connectivity index (χ0) is 25.7. The molecule has 2 rings (SSSR count). The minimum atomic E-state index is -4.02. The van der Waals surface area contributed by atoms with Gasteiger partial charge in [-0.3, -0.25) is 9.05 Å². The van der Waals surface area contributed by atoms with Crippen molar-refractivity contribution in [2.75, 3.05) is 33.0 Å². The van der Waals surface area contributed by atoms with Crippen LogP contribution in [0, 0.1) is 0 Å². The van der Waals surface area contributed by atoms with Crippen molar-refractivity contribution in [2.45, 2.75) is 90.4 Å². The highest BCUT2D eigenvalue weighted by Gasteiger charge is 2.20. The quantitative estimate of drug-likeness (QED) is 0.117. The van der Waals surface area contributed by atoms with E-state index < -0.39 is 7.82 Å². The van der Waals surface area contributed by atoms with Crippen molar-refractivity contribution in [2.24, 2.45) is 0 Å². The van der Waals surface area contributed by atoms with Crippen LogP contribution in [0.3, 0.4) is 0 Å². The van der Waals surface area contributed by atoms with E-state index in [0.717, 1.165) is 35.8 Å². The van der Waals surface area contributed by atoms with Crippen molar-refractivity contribution >= 4 is 18.6 Å². The molecule has 0 saturated carbocycles. The maximum Gasteiger partial charge on any atom is 0.472 e. The van der Waals surface area contributed by atoms with Crippen molar-refractivity contribution in [1.82, 2.24) is 0 Å². The van der Waals surface area contributed by atoms with Gasteiger partial charge >= 0.3 is 7.82 Å². The maximum absolute atomic E-state index is 12.0. The van der Waals surface area contributed by atoms with E-state index in [1.54, 1.807) is 0 Å². The normalized spacial score (nSPS) is 13.2. The minimum Gasteiger partial charge on any atom is -0.491 e. The van der Waals surface area contributed by atoms with Gasteiger partial charge in [0.2, 0.25) is 0 Å². The molecule has 0 aromatic heterocycles. The number of ether oxygens (including phenoxy) is 2. The van der Waals surface area contributed by atoms with Crippen LogP contribution in [0.25, 0.3) is 10.8 Å². The summed E-state index contributed by atoms with van der Waals surface area (Å²) in [4.78, 5) is 9.79. The van der Waals surface area contributed by atoms with Crippen LogP contribution in [-0.2, 0) is 18.3 Å². The van der Waals surface area contributed by atoms with Crippen molar-refractivity contribution in [3.8, 4) is 5.75 Å². The third kappa shape index (κ3) is 14.3. The Kier molecular flexibility index (Phi) is 16.8. The second-order valence-corrected chi connectivity index (χ2v) is 10.8. The molecule has 0 fully saturated rings. The van der Waals surface area contributed by atoms with Crippen LogP contribution in [0.5, 0.6) is 5.75 Å². The lowest BCUT2D eigenvalue weighted by Gasteiger charge is -2.13. The summed E-state index contributed by atoms with van der Waals surface area (Å²) in [6, 6.07) is 14.0. The Labute approximate surface area is 218 Å². The third-order valence-electron chi connectivity index (χ3n) is 6.22. The number of phosphoric ester groups is 1. The monoisotopic (exact) mass is 522 g/mol. The SMILES string of the molecule is CCCCCCCCCCCCCCCOP(=O)(O)OCCOCCOc1cccc2ccccc12. The predicted octanol–water partition coefficient (Wildman–Crippen LogP) is 8.46. The van der Waals surface area contributed by atoms with Gasteiger partial charge in [0.05, 0.1) is 26.4 Å². The number of unbranched alkanes of at least 4 members (excludes halogenated alkanes) is 12. The smallest absolute Gasteiger partial charge is 0.472 e. The zero-order valence-corrected chi connectivity index (χ0v) is 23.1. The highest BCUT2D eigenvalue weighted by molar-refractivity contribution is 7.47. The highest BCUT2D eigenvalue weighted by Crippen LogP contribution is 2.43. The molecule has 0 aliphatic carbocycles. The van der Waals surface area contributed by atoms with E-state index in [2.05, 4.69) is 6.92 Å². The first kappa shape index (κ1) is 30.8. The van der Waals surface area contributed by atoms with Crippen LogP contribution in [-0.4, -0.2) is 37.9 Å². The van der Waals surface area contributed by atoms with E-state index in [-0.39, 0.29) is 19.8 Å². The van der Waals surface area contributed by atoms with Crippen LogP contribution < -0.4 is 4.74 Å². The number of hydrogen-bond acceptors (Lipinski definition) is 5. The second kappa shape index (κ2) is 19.7. The van der Waals surface area contributed by atoms with Crippen molar-refractivity contribution < 1.29 is 28.0 Å². The molecule has 0 heterocycles. The van der Waals surface area contributed by atoms with Crippen LogP contribution in [0.1, 0.15) is 90.4 Å². The first-order chi connectivity index (χ1) is 17.6. The van der Waals surface area contributed by atoms with Gasteiger partial charge in [-0.2, -0.15) is 0 Å². The second-order valence-electron chi connectivity index (χ2n) is 9.32. The Morgan fingerprint density at radius 1 is 0.639 bits per heavy atom. The third-order valence-corrected chi connectivity index (χ3v) is 7.24. The molecule has 36 heavy (non-hydrogen) atoms. The molecule has 0 bridgehead atoms. The summed E-state index contributed by atoms with van der Waals surface area (Å²) >= 11 is 0. The van der Waals surface area contributed by atoms with Gasteiger partial charge in [-0.15, -0.1) is 0 Å². The molecule has 0 saturated heterocycles. The molecule has 1 unspecified atom stereocenters. The molecular formula is C29H47O6P. The average Bonchev–Trinajstić information content (AvgIpc) is 2.88. The van der Waals surface area contributed by atoms with Crippen LogP contribution in [0.15, 0.2) is 42.5 Å². The standard InChI is InChI=1S/C29H47O6P/c1-2-3-4-5-6-7-8-9-10-11-12-13-16-22-34-36(30,31)35-26-24-32-23-25-33-29-21-17-19-27-18-14-15-20-28(27)29/h14-15,17-21H,2-13,16,22-26H2,1H3,(H,30,31). The molecule has 7 heteroatoms. The lowest BCUT2D eigenvalue weighted by Crippen LogP contribution is -2.11. The fraction of sp³-hybridized carbons (Fsp3) is 0.655. The van der Waals surface area contributed by atoms with E-state index in [9.17, 15) is 9.46 Å². The topological polar surface area (TPSA) is 74.2 Å². The van der Waals surface area contributed by atoms with Gasteiger partial charge in [0.15, 0.2) is 0 Å². The molecule has 2 aromatic carbocycles. The van der Waals surface area contributed by atoms with Crippen molar-refractivity contribution in [3.63, 3.8) is 0 Å². The molecule has 0 aliphatic heterocycles. The highest BCUT2D eigenvalue weighted by atomic mass is 31.2. The Hall–Kier alpha value is -1.43. The van der Waals surface area contributed by atoms with Gasteiger partial charge in [0, 0.05) is 5.39 Å². The summed E-state index contributed by atoms with van der Waals surface area (Å²) in [7, 11) is -4.02. The molecule has 0 spiro atoms. The number of benzene rings is 2. The molecule has 0 amide bonds. The van der Waals surface area contributed by atoms with Crippen molar-refractivity contribution in [1.29, 1.82) is 0 Å². The van der Waals surface area contributed by atoms with Gasteiger partial charge in [-0.1, -0.05) is 120 Å². The van der Waals surface area contributed by atoms with E-state index in [0.29, 0.717) is 13.2 Å². The summed E-state index contributed by atoms with van der Waals surface area (Å²) in [5.74, 6) is 0.814. The van der Waals surface area contributed by atoms with Crippen LogP contribution in [0.2, 0.25) is 0 Å². The van der Waals surface area contributed by atoms with Gasteiger partial charge in [0.1, 0.15) is 12.4 Å². The van der Waals surface area contributed by atoms with Crippen LogP contribution in [0.4, 0.5) is 0 Å². The van der Waals surface area contributed by atoms with Gasteiger partial charge < -0.3 is 14.4 Å². The Bertz CT molecular complexity index is 853. The summed E-state index contributed by atoms with van der Waals surface area (Å²) in [6.07, 6.45) is 16.3. The predicted molar refractivity (Wildman–Crippen MR) is 148 cm³/mol. The first-order valence-electron chi connectivity index (χ1n) is 13.9. The van der Waals surface area contributed by atoms with Gasteiger partial charge in [-0.05, 0) is 17.9 Å². The van der Waals surface area contributed by atoms with E-state index >= 15 is 0 Å². The lowest BCUT2D eigenvalue weighted by molar-refractivity contribution is 0.0610. The molecule has 1 atom stereocenters. The van der Waals surface area contributed by atoms with E-state index in [4.69, 9.17) is 18.5 Å². The maximum atomic E-state index is 12.0. The number of phosphoric acid groups is 1. The molecule has 204 valence electrons. The Balaban J connectivity index is 1.37. The molecule has 0 radical (unpaired) electrons. The Morgan fingerprint density at radius 2 is 1.19 bits per heavy atom. The Morgan fingerprint density at radius 3 is 1.89 bits per heavy atom. The molecule has 2 aromatic rings. The van der Waals surface area contributed by atoms with Gasteiger partial charge in [0.25, 0.3) is 0 Å². The van der Waals surface area contributed by atoms with E-state index in [1.807, 2.05) is 42.5 Å². The molecule has 0 aliphatic rings. The first-order valence-corrected chi connectivity index (χ1v) is 15.4. The molecular weight excluding hydrogens is 475 g/mol. The summed E-state index contributed by atoms with van der Waals surface area (Å²) < 4.78 is 33.3. The summed E-state index contributed by atoms with van der Waals surface area (Å²) in [6.45, 7) is 3.45. The summed E-state index contributed by atoms with van der Waals surface area (Å²) in [5.41, 5.74) is 0. The van der Waals surface area contributed by atoms with E-state index in [1.165, 1.54) is 64.2 Å². The largest absolute Gasteiger partial charge is 0.491 e. The fourth-order valence-electron chi connectivity index (χ4n) is 4.18. The number of rotatable bonds is 23. The minimum absolute atomic E-state index is 0.000644. The number of fused-ring (bicyclic) bond motifs is 1. The lowest BCUT2D eigenvalue weighted by atomic mass is 10.0. The zero-order valence-electron chi connectivity index (χ0n) is 22.2. The molecule has 1 N–H and O–H groups in total.